The molecule has 0 aliphatic carbocycles. The summed E-state index contributed by atoms with van der Waals surface area (Å²) >= 11 is 0. The molecule has 0 aliphatic rings. The summed E-state index contributed by atoms with van der Waals surface area (Å²) in [6, 6.07) is 5.86. The molecular weight excluding hydrogens is 304 g/mol. The second-order valence-corrected chi connectivity index (χ2v) is 7.17. The van der Waals surface area contributed by atoms with Gasteiger partial charge in [0, 0.05) is 19.4 Å². The molecule has 0 saturated heterocycles. The number of urea groups is 1. The summed E-state index contributed by atoms with van der Waals surface area (Å²) in [5, 5.41) is 15.2. The molecule has 0 fully saturated rings. The number of aliphatic hydroxyl groups is 1. The van der Waals surface area contributed by atoms with Crippen molar-refractivity contribution >= 4 is 11.7 Å². The van der Waals surface area contributed by atoms with Crippen LogP contribution in [-0.4, -0.2) is 37.0 Å². The van der Waals surface area contributed by atoms with Crippen LogP contribution in [0.5, 0.6) is 0 Å². The van der Waals surface area contributed by atoms with Gasteiger partial charge in [-0.05, 0) is 36.3 Å². The molecule has 1 rings (SSSR count). The molecule has 0 aromatic heterocycles. The Morgan fingerprint density at radius 3 is 2.17 bits per heavy atom. The smallest absolute Gasteiger partial charge is 0.319 e. The van der Waals surface area contributed by atoms with Gasteiger partial charge in [-0.3, -0.25) is 0 Å². The topological polar surface area (TPSA) is 70.6 Å². The van der Waals surface area contributed by atoms with Crippen LogP contribution < -0.4 is 10.6 Å². The number of rotatable bonds is 8. The molecule has 136 valence electrons. The summed E-state index contributed by atoms with van der Waals surface area (Å²) in [5.41, 5.74) is 2.50. The summed E-state index contributed by atoms with van der Waals surface area (Å²) in [6.07, 6.45) is 0.428. The van der Waals surface area contributed by atoms with Crippen LogP contribution in [0.2, 0.25) is 0 Å². The Balaban J connectivity index is 3.04. The predicted molar refractivity (Wildman–Crippen MR) is 98.8 cm³/mol. The van der Waals surface area contributed by atoms with Crippen LogP contribution in [0.3, 0.4) is 0 Å². The number of anilines is 1. The highest BCUT2D eigenvalue weighted by Crippen LogP contribution is 2.32. The number of amides is 2. The average Bonchev–Trinajstić information content (AvgIpc) is 2.46. The van der Waals surface area contributed by atoms with Crippen LogP contribution in [-0.2, 0) is 4.74 Å². The van der Waals surface area contributed by atoms with Gasteiger partial charge in [0.1, 0.15) is 0 Å². The lowest BCUT2D eigenvalue weighted by Crippen LogP contribution is -2.51. The van der Waals surface area contributed by atoms with Crippen LogP contribution in [0.15, 0.2) is 18.2 Å². The molecule has 0 aliphatic heterocycles. The third-order valence-corrected chi connectivity index (χ3v) is 4.15. The van der Waals surface area contributed by atoms with Gasteiger partial charge >= 0.3 is 6.03 Å². The van der Waals surface area contributed by atoms with Crippen molar-refractivity contribution in [2.45, 2.75) is 58.4 Å². The predicted octanol–water partition coefficient (Wildman–Crippen LogP) is 3.84. The Kier molecular flexibility index (Phi) is 7.70. The van der Waals surface area contributed by atoms with Gasteiger partial charge in [0.15, 0.2) is 0 Å². The number of methoxy groups -OCH3 is 1. The molecule has 0 bridgehead atoms. The highest BCUT2D eigenvalue weighted by Gasteiger charge is 2.27. The van der Waals surface area contributed by atoms with Crippen molar-refractivity contribution in [3.63, 3.8) is 0 Å². The van der Waals surface area contributed by atoms with Gasteiger partial charge in [-0.1, -0.05) is 45.9 Å². The summed E-state index contributed by atoms with van der Waals surface area (Å²) in [7, 11) is 1.58. The lowest BCUT2D eigenvalue weighted by molar-refractivity contribution is 0.104. The van der Waals surface area contributed by atoms with E-state index in [-0.39, 0.29) is 12.6 Å². The van der Waals surface area contributed by atoms with E-state index in [1.165, 1.54) is 0 Å². The van der Waals surface area contributed by atoms with Gasteiger partial charge in [-0.2, -0.15) is 0 Å². The van der Waals surface area contributed by atoms with Crippen molar-refractivity contribution in [2.24, 2.45) is 0 Å². The zero-order valence-electron chi connectivity index (χ0n) is 15.8. The van der Waals surface area contributed by atoms with Crippen molar-refractivity contribution < 1.29 is 14.6 Å². The van der Waals surface area contributed by atoms with Gasteiger partial charge in [-0.15, -0.1) is 0 Å². The second-order valence-electron chi connectivity index (χ2n) is 7.17. The first-order valence-corrected chi connectivity index (χ1v) is 8.56. The monoisotopic (exact) mass is 336 g/mol. The minimum Gasteiger partial charge on any atom is -0.396 e. The van der Waals surface area contributed by atoms with Crippen molar-refractivity contribution in [1.29, 1.82) is 0 Å². The van der Waals surface area contributed by atoms with Crippen molar-refractivity contribution in [2.75, 3.05) is 25.6 Å². The number of para-hydroxylation sites is 1. The molecular formula is C19H32N2O3. The summed E-state index contributed by atoms with van der Waals surface area (Å²) in [4.78, 5) is 12.6. The highest BCUT2D eigenvalue weighted by atomic mass is 16.5. The Morgan fingerprint density at radius 1 is 1.21 bits per heavy atom. The Bertz CT molecular complexity index is 509. The first-order chi connectivity index (χ1) is 11.2. The lowest BCUT2D eigenvalue weighted by atomic mass is 9.92. The van der Waals surface area contributed by atoms with E-state index in [9.17, 15) is 9.90 Å². The number of carbonyl (C=O) groups excluding carboxylic acids is 1. The second kappa shape index (κ2) is 9.04. The van der Waals surface area contributed by atoms with E-state index in [0.29, 0.717) is 24.9 Å². The van der Waals surface area contributed by atoms with E-state index in [4.69, 9.17) is 4.74 Å². The van der Waals surface area contributed by atoms with Gasteiger partial charge in [0.25, 0.3) is 0 Å². The van der Waals surface area contributed by atoms with E-state index < -0.39 is 5.54 Å². The normalized spacial score (nSPS) is 13.9. The minimum atomic E-state index is -0.613. The Labute approximate surface area is 145 Å². The number of hydrogen-bond donors (Lipinski definition) is 3. The third kappa shape index (κ3) is 5.49. The van der Waals surface area contributed by atoms with Crippen LogP contribution in [0.4, 0.5) is 10.5 Å². The number of aliphatic hydroxyl groups excluding tert-OH is 1. The number of ether oxygens (including phenoxy) is 1. The molecule has 3 N–H and O–H groups in total. The van der Waals surface area contributed by atoms with E-state index in [0.717, 1.165) is 16.8 Å². The number of benzene rings is 1. The molecule has 1 unspecified atom stereocenters. The average molecular weight is 336 g/mol. The molecule has 5 heteroatoms. The first kappa shape index (κ1) is 20.5. The molecule has 5 nitrogen and oxygen atoms in total. The van der Waals surface area contributed by atoms with Crippen LogP contribution >= 0.6 is 0 Å². The maximum atomic E-state index is 12.6. The van der Waals surface area contributed by atoms with Crippen LogP contribution in [0.1, 0.15) is 64.0 Å². The minimum absolute atomic E-state index is 0.0139. The van der Waals surface area contributed by atoms with E-state index in [2.05, 4.69) is 38.3 Å². The Hall–Kier alpha value is -1.59. The largest absolute Gasteiger partial charge is 0.396 e. The fraction of sp³-hybridized carbons (Fsp3) is 0.632. The molecule has 24 heavy (non-hydrogen) atoms. The third-order valence-electron chi connectivity index (χ3n) is 4.15. The number of hydrogen-bond acceptors (Lipinski definition) is 3. The van der Waals surface area contributed by atoms with Gasteiger partial charge in [0.2, 0.25) is 0 Å². The fourth-order valence-electron chi connectivity index (χ4n) is 2.85. The quantitative estimate of drug-likeness (QED) is 0.675. The fourth-order valence-corrected chi connectivity index (χ4v) is 2.85. The SMILES string of the molecule is COCC(C)(CCO)NC(=O)Nc1c(C(C)C)cccc1C(C)C. The van der Waals surface area contributed by atoms with Gasteiger partial charge in [0.05, 0.1) is 12.1 Å². The van der Waals surface area contributed by atoms with Gasteiger partial charge < -0.3 is 20.5 Å². The maximum absolute atomic E-state index is 12.6. The molecule has 1 atom stereocenters. The number of nitrogens with one attached hydrogen (secondary N) is 2. The van der Waals surface area contributed by atoms with Crippen LogP contribution in [0, 0.1) is 0 Å². The van der Waals surface area contributed by atoms with Gasteiger partial charge in [-0.25, -0.2) is 4.79 Å². The van der Waals surface area contributed by atoms with E-state index in [1.807, 2.05) is 25.1 Å². The maximum Gasteiger partial charge on any atom is 0.319 e. The number of carbonyl (C=O) groups is 1. The molecule has 0 spiro atoms. The van der Waals surface area contributed by atoms with E-state index >= 15 is 0 Å². The van der Waals surface area contributed by atoms with Crippen molar-refractivity contribution in [3.05, 3.63) is 29.3 Å². The molecule has 1 aromatic carbocycles. The summed E-state index contributed by atoms with van der Waals surface area (Å²) < 4.78 is 5.18. The summed E-state index contributed by atoms with van der Waals surface area (Å²) in [6.45, 7) is 10.6. The lowest BCUT2D eigenvalue weighted by Gasteiger charge is -2.30. The standard InChI is InChI=1S/C19H32N2O3/c1-13(2)15-8-7-9-16(14(3)4)17(15)20-18(23)21-19(5,10-11-22)12-24-6/h7-9,13-14,22H,10-12H2,1-6H3,(H2,20,21,23). The van der Waals surface area contributed by atoms with Crippen LogP contribution in [0.25, 0.3) is 0 Å². The van der Waals surface area contributed by atoms with Crippen molar-refractivity contribution in [1.82, 2.24) is 5.32 Å². The molecule has 0 heterocycles. The zero-order chi connectivity index (χ0) is 18.3. The van der Waals surface area contributed by atoms with E-state index in [1.54, 1.807) is 7.11 Å². The first-order valence-electron chi connectivity index (χ1n) is 8.56. The summed E-state index contributed by atoms with van der Waals surface area (Å²) in [5.74, 6) is 0.614. The van der Waals surface area contributed by atoms with Crippen molar-refractivity contribution in [3.8, 4) is 0 Å². The highest BCUT2D eigenvalue weighted by molar-refractivity contribution is 5.91. The molecule has 2 amide bonds. The molecule has 0 saturated carbocycles. The molecule has 0 radical (unpaired) electrons. The molecule has 1 aromatic rings. The zero-order valence-corrected chi connectivity index (χ0v) is 15.8. The Morgan fingerprint density at radius 2 is 1.75 bits per heavy atom.